The Morgan fingerprint density at radius 1 is 1.33 bits per heavy atom. The quantitative estimate of drug-likeness (QED) is 0.738. The van der Waals surface area contributed by atoms with Gasteiger partial charge in [0.25, 0.3) is 0 Å². The van der Waals surface area contributed by atoms with E-state index in [2.05, 4.69) is 46.1 Å². The molecule has 3 heterocycles. The molecule has 2 aliphatic rings. The number of halogens is 1. The topological polar surface area (TPSA) is 34.4 Å². The second-order valence-corrected chi connectivity index (χ2v) is 6.36. The van der Waals surface area contributed by atoms with Gasteiger partial charge in [0.05, 0.1) is 6.61 Å². The molecule has 1 spiro atoms. The molecule has 0 aliphatic carbocycles. The molecule has 1 atom stereocenters. The van der Waals surface area contributed by atoms with E-state index >= 15 is 0 Å². The van der Waals surface area contributed by atoms with Crippen molar-refractivity contribution in [2.24, 2.45) is 0 Å². The summed E-state index contributed by atoms with van der Waals surface area (Å²) in [5.74, 6) is 1.11. The average molecular weight is 355 g/mol. The van der Waals surface area contributed by atoms with E-state index in [0.29, 0.717) is 0 Å². The predicted molar refractivity (Wildman–Crippen MR) is 77.8 cm³/mol. The van der Waals surface area contributed by atoms with Crippen molar-refractivity contribution >= 4 is 33.6 Å². The number of nitrogens with one attached hydrogen (secondary N) is 1. The highest BCUT2D eigenvalue weighted by Gasteiger charge is 2.43. The lowest BCUT2D eigenvalue weighted by Gasteiger charge is -2.31. The Hall–Kier alpha value is -0.590. The summed E-state index contributed by atoms with van der Waals surface area (Å²) < 4.78 is 13.0. The van der Waals surface area contributed by atoms with Crippen molar-refractivity contribution in [3.05, 3.63) is 33.1 Å². The van der Waals surface area contributed by atoms with Gasteiger partial charge in [-0.2, -0.15) is 0 Å². The lowest BCUT2D eigenvalue weighted by Crippen LogP contribution is -2.47. The van der Waals surface area contributed by atoms with Crippen LogP contribution in [0.4, 0.5) is 0 Å². The molecule has 1 unspecified atom stereocenters. The third kappa shape index (κ3) is 1.49. The maximum atomic E-state index is 6.16. The van der Waals surface area contributed by atoms with Crippen LogP contribution in [0.1, 0.15) is 17.7 Å². The molecule has 0 bridgehead atoms. The summed E-state index contributed by atoms with van der Waals surface area (Å²) in [5.41, 5.74) is 2.32. The van der Waals surface area contributed by atoms with Crippen LogP contribution in [0.25, 0.3) is 11.0 Å². The number of hydrogen-bond donors (Lipinski definition) is 1. The molecule has 94 valence electrons. The van der Waals surface area contributed by atoms with Crippen LogP contribution < -0.4 is 5.32 Å². The first-order valence-electron chi connectivity index (χ1n) is 6.33. The molecule has 1 fully saturated rings. The predicted octanol–water partition coefficient (Wildman–Crippen LogP) is 2.80. The van der Waals surface area contributed by atoms with E-state index in [9.17, 15) is 0 Å². The van der Waals surface area contributed by atoms with Gasteiger partial charge in [-0.05, 0) is 53.6 Å². The Morgan fingerprint density at radius 3 is 3.11 bits per heavy atom. The molecule has 4 heteroatoms. The Labute approximate surface area is 119 Å². The summed E-state index contributed by atoms with van der Waals surface area (Å²) in [6, 6.07) is 6.46. The number of furan rings is 1. The summed E-state index contributed by atoms with van der Waals surface area (Å²) in [6.07, 6.45) is 2.06. The fraction of sp³-hybridized carbons (Fsp3) is 0.429. The standard InChI is InChI=1S/C14H14INO2/c15-9-1-2-10-11-3-5-16-14(4-6-17-8-14)13(11)18-12(10)7-9/h1-2,7,16H,3-6,8H2. The zero-order valence-electron chi connectivity index (χ0n) is 9.96. The molecule has 0 saturated carbocycles. The highest BCUT2D eigenvalue weighted by Crippen LogP contribution is 2.40. The van der Waals surface area contributed by atoms with Crippen LogP contribution in [0.3, 0.4) is 0 Å². The number of hydrogen-bond acceptors (Lipinski definition) is 3. The molecule has 3 nitrogen and oxygen atoms in total. The third-order valence-electron chi connectivity index (χ3n) is 4.05. The zero-order chi connectivity index (χ0) is 12.2. The van der Waals surface area contributed by atoms with Gasteiger partial charge in [0.15, 0.2) is 0 Å². The number of benzene rings is 1. The maximum Gasteiger partial charge on any atom is 0.135 e. The molecular weight excluding hydrogens is 341 g/mol. The second-order valence-electron chi connectivity index (χ2n) is 5.11. The van der Waals surface area contributed by atoms with E-state index in [0.717, 1.165) is 43.9 Å². The van der Waals surface area contributed by atoms with Gasteiger partial charge >= 0.3 is 0 Å². The summed E-state index contributed by atoms with van der Waals surface area (Å²) in [7, 11) is 0. The van der Waals surface area contributed by atoms with Crippen LogP contribution in [0.5, 0.6) is 0 Å². The lowest BCUT2D eigenvalue weighted by atomic mass is 9.87. The van der Waals surface area contributed by atoms with Gasteiger partial charge in [0.1, 0.15) is 16.9 Å². The van der Waals surface area contributed by atoms with Crippen LogP contribution in [0, 0.1) is 3.57 Å². The monoisotopic (exact) mass is 355 g/mol. The van der Waals surface area contributed by atoms with Crippen molar-refractivity contribution < 1.29 is 9.15 Å². The first kappa shape index (κ1) is 11.3. The molecule has 1 aromatic carbocycles. The first-order valence-corrected chi connectivity index (χ1v) is 7.41. The number of rotatable bonds is 0. The summed E-state index contributed by atoms with van der Waals surface area (Å²) in [5, 5.41) is 4.88. The number of ether oxygens (including phenoxy) is 1. The van der Waals surface area contributed by atoms with Crippen molar-refractivity contribution in [1.29, 1.82) is 0 Å². The number of fused-ring (bicyclic) bond motifs is 4. The smallest absolute Gasteiger partial charge is 0.135 e. The summed E-state index contributed by atoms with van der Waals surface area (Å²) >= 11 is 2.33. The Morgan fingerprint density at radius 2 is 2.28 bits per heavy atom. The summed E-state index contributed by atoms with van der Waals surface area (Å²) in [4.78, 5) is 0. The lowest BCUT2D eigenvalue weighted by molar-refractivity contribution is 0.153. The van der Waals surface area contributed by atoms with E-state index in [4.69, 9.17) is 9.15 Å². The molecule has 1 saturated heterocycles. The van der Waals surface area contributed by atoms with Crippen LogP contribution >= 0.6 is 22.6 Å². The van der Waals surface area contributed by atoms with Gasteiger partial charge in [-0.25, -0.2) is 0 Å². The Bertz CT molecular complexity index is 614. The van der Waals surface area contributed by atoms with Gasteiger partial charge in [0, 0.05) is 27.7 Å². The maximum absolute atomic E-state index is 6.16. The van der Waals surface area contributed by atoms with Gasteiger partial charge in [-0.1, -0.05) is 0 Å². The fourth-order valence-corrected chi connectivity index (χ4v) is 3.61. The average Bonchev–Trinajstić information content (AvgIpc) is 2.95. The highest BCUT2D eigenvalue weighted by molar-refractivity contribution is 14.1. The van der Waals surface area contributed by atoms with Crippen molar-refractivity contribution in [3.63, 3.8) is 0 Å². The van der Waals surface area contributed by atoms with Crippen molar-refractivity contribution in [1.82, 2.24) is 5.32 Å². The van der Waals surface area contributed by atoms with E-state index in [1.807, 2.05) is 0 Å². The first-order chi connectivity index (χ1) is 8.78. The fourth-order valence-electron chi connectivity index (χ4n) is 3.15. The molecule has 2 aliphatic heterocycles. The molecule has 0 amide bonds. The van der Waals surface area contributed by atoms with E-state index in [1.165, 1.54) is 14.5 Å². The minimum Gasteiger partial charge on any atom is -0.459 e. The van der Waals surface area contributed by atoms with Crippen LogP contribution in [-0.4, -0.2) is 19.8 Å². The normalized spacial score (nSPS) is 26.9. The molecular formula is C14H14INO2. The third-order valence-corrected chi connectivity index (χ3v) is 4.72. The minimum absolute atomic E-state index is 0.0714. The molecule has 2 aromatic rings. The van der Waals surface area contributed by atoms with E-state index < -0.39 is 0 Å². The van der Waals surface area contributed by atoms with Crippen molar-refractivity contribution in [3.8, 4) is 0 Å². The molecule has 0 radical (unpaired) electrons. The van der Waals surface area contributed by atoms with E-state index in [-0.39, 0.29) is 5.54 Å². The van der Waals surface area contributed by atoms with E-state index in [1.54, 1.807) is 0 Å². The van der Waals surface area contributed by atoms with Gasteiger partial charge in [-0.3, -0.25) is 0 Å². The highest BCUT2D eigenvalue weighted by atomic mass is 127. The molecule has 4 rings (SSSR count). The molecule has 18 heavy (non-hydrogen) atoms. The van der Waals surface area contributed by atoms with Crippen LogP contribution in [-0.2, 0) is 16.7 Å². The Balaban J connectivity index is 1.98. The van der Waals surface area contributed by atoms with Crippen LogP contribution in [0.2, 0.25) is 0 Å². The molecule has 1 N–H and O–H groups in total. The largest absolute Gasteiger partial charge is 0.459 e. The van der Waals surface area contributed by atoms with Crippen molar-refractivity contribution in [2.75, 3.05) is 19.8 Å². The molecule has 1 aromatic heterocycles. The summed E-state index contributed by atoms with van der Waals surface area (Å²) in [6.45, 7) is 2.56. The van der Waals surface area contributed by atoms with Crippen LogP contribution in [0.15, 0.2) is 22.6 Å². The van der Waals surface area contributed by atoms with Gasteiger partial charge in [0.2, 0.25) is 0 Å². The minimum atomic E-state index is -0.0714. The van der Waals surface area contributed by atoms with Gasteiger partial charge < -0.3 is 14.5 Å². The zero-order valence-corrected chi connectivity index (χ0v) is 12.1. The Kier molecular flexibility index (Phi) is 2.47. The van der Waals surface area contributed by atoms with Crippen molar-refractivity contribution in [2.45, 2.75) is 18.4 Å². The van der Waals surface area contributed by atoms with Gasteiger partial charge in [-0.15, -0.1) is 0 Å². The SMILES string of the molecule is Ic1ccc2c3c(oc2c1)C1(CCOC1)NCC3. The second kappa shape index (κ2) is 3.95.